The smallest absolute Gasteiger partial charge is 0.242 e. The molecule has 102 valence electrons. The third-order valence-electron chi connectivity index (χ3n) is 2.81. The zero-order chi connectivity index (χ0) is 13.8. The van der Waals surface area contributed by atoms with Crippen LogP contribution in [-0.2, 0) is 20.0 Å². The third-order valence-corrected chi connectivity index (χ3v) is 2.81. The van der Waals surface area contributed by atoms with Crippen LogP contribution in [0.3, 0.4) is 0 Å². The Bertz CT molecular complexity index is 565. The van der Waals surface area contributed by atoms with Crippen LogP contribution in [0.5, 0.6) is 5.88 Å². The molecule has 2 aromatic heterocycles. The standard InChI is InChI=1S/C12H18N6O/c1-4-9-8(6-18(2)17-9)5-14-11-10(13)12(19-3)16-7-15-11/h6-7H,4-5,13H2,1-3H3,(H,14,15,16). The number of aryl methyl sites for hydroxylation is 2. The second-order valence-corrected chi connectivity index (χ2v) is 4.13. The molecule has 0 aliphatic heterocycles. The number of anilines is 2. The van der Waals surface area contributed by atoms with Crippen LogP contribution in [0.4, 0.5) is 11.5 Å². The molecule has 0 atom stereocenters. The Morgan fingerprint density at radius 3 is 2.89 bits per heavy atom. The van der Waals surface area contributed by atoms with Crippen molar-refractivity contribution in [3.63, 3.8) is 0 Å². The Hall–Kier alpha value is -2.31. The van der Waals surface area contributed by atoms with E-state index in [1.165, 1.54) is 13.4 Å². The minimum absolute atomic E-state index is 0.374. The van der Waals surface area contributed by atoms with E-state index in [2.05, 4.69) is 27.3 Å². The second kappa shape index (κ2) is 5.55. The number of nitrogens with one attached hydrogen (secondary N) is 1. The van der Waals surface area contributed by atoms with Crippen molar-refractivity contribution < 1.29 is 4.74 Å². The molecule has 3 N–H and O–H groups in total. The zero-order valence-corrected chi connectivity index (χ0v) is 11.3. The predicted octanol–water partition coefficient (Wildman–Crippen LogP) is 0.975. The maximum atomic E-state index is 5.90. The van der Waals surface area contributed by atoms with Crippen LogP contribution in [0.15, 0.2) is 12.5 Å². The monoisotopic (exact) mass is 262 g/mol. The highest BCUT2D eigenvalue weighted by atomic mass is 16.5. The lowest BCUT2D eigenvalue weighted by atomic mass is 10.2. The van der Waals surface area contributed by atoms with Gasteiger partial charge in [-0.1, -0.05) is 6.92 Å². The van der Waals surface area contributed by atoms with Gasteiger partial charge in [-0.3, -0.25) is 4.68 Å². The van der Waals surface area contributed by atoms with E-state index in [9.17, 15) is 0 Å². The van der Waals surface area contributed by atoms with Gasteiger partial charge in [0.15, 0.2) is 5.82 Å². The summed E-state index contributed by atoms with van der Waals surface area (Å²) < 4.78 is 6.86. The fourth-order valence-corrected chi connectivity index (χ4v) is 1.89. The van der Waals surface area contributed by atoms with Crippen molar-refractivity contribution in [2.75, 3.05) is 18.2 Å². The van der Waals surface area contributed by atoms with E-state index in [1.807, 2.05) is 13.2 Å². The largest absolute Gasteiger partial charge is 0.479 e. The third kappa shape index (κ3) is 2.75. The van der Waals surface area contributed by atoms with Crippen molar-refractivity contribution >= 4 is 11.5 Å². The molecule has 0 saturated carbocycles. The minimum Gasteiger partial charge on any atom is -0.479 e. The summed E-state index contributed by atoms with van der Waals surface area (Å²) in [7, 11) is 3.43. The first-order chi connectivity index (χ1) is 9.15. The van der Waals surface area contributed by atoms with Crippen LogP contribution in [0, 0.1) is 0 Å². The molecule has 2 heterocycles. The topological polar surface area (TPSA) is 90.9 Å². The van der Waals surface area contributed by atoms with Gasteiger partial charge in [0.05, 0.1) is 12.8 Å². The van der Waals surface area contributed by atoms with Gasteiger partial charge in [-0.05, 0) is 6.42 Å². The lowest BCUT2D eigenvalue weighted by Crippen LogP contribution is -2.07. The van der Waals surface area contributed by atoms with E-state index in [-0.39, 0.29) is 0 Å². The fraction of sp³-hybridized carbons (Fsp3) is 0.417. The molecular formula is C12H18N6O. The first-order valence-corrected chi connectivity index (χ1v) is 6.05. The molecule has 0 radical (unpaired) electrons. The summed E-state index contributed by atoms with van der Waals surface area (Å²) in [6.07, 6.45) is 4.29. The van der Waals surface area contributed by atoms with Crippen LogP contribution in [0.2, 0.25) is 0 Å². The van der Waals surface area contributed by atoms with E-state index in [0.717, 1.165) is 17.7 Å². The number of aromatic nitrogens is 4. The maximum Gasteiger partial charge on any atom is 0.242 e. The molecular weight excluding hydrogens is 244 g/mol. The van der Waals surface area contributed by atoms with E-state index >= 15 is 0 Å². The van der Waals surface area contributed by atoms with Crippen LogP contribution in [-0.4, -0.2) is 26.9 Å². The molecule has 0 amide bonds. The van der Waals surface area contributed by atoms with Gasteiger partial charge < -0.3 is 15.8 Å². The van der Waals surface area contributed by atoms with E-state index < -0.39 is 0 Å². The summed E-state index contributed by atoms with van der Waals surface area (Å²) in [4.78, 5) is 8.05. The molecule has 0 aromatic carbocycles. The molecule has 7 heteroatoms. The number of rotatable bonds is 5. The summed E-state index contributed by atoms with van der Waals surface area (Å²) in [6, 6.07) is 0. The molecule has 19 heavy (non-hydrogen) atoms. The van der Waals surface area contributed by atoms with Crippen LogP contribution < -0.4 is 15.8 Å². The number of nitrogens with two attached hydrogens (primary N) is 1. The Morgan fingerprint density at radius 1 is 1.42 bits per heavy atom. The number of hydrogen-bond donors (Lipinski definition) is 2. The molecule has 0 spiro atoms. The summed E-state index contributed by atoms with van der Waals surface area (Å²) in [5, 5.41) is 7.57. The van der Waals surface area contributed by atoms with E-state index in [0.29, 0.717) is 23.9 Å². The SMILES string of the molecule is CCc1nn(C)cc1CNc1ncnc(OC)c1N. The fourth-order valence-electron chi connectivity index (χ4n) is 1.89. The summed E-state index contributed by atoms with van der Waals surface area (Å²) in [6.45, 7) is 2.69. The number of hydrogen-bond acceptors (Lipinski definition) is 6. The van der Waals surface area contributed by atoms with Gasteiger partial charge in [0.2, 0.25) is 5.88 Å². The van der Waals surface area contributed by atoms with Crippen molar-refractivity contribution in [1.29, 1.82) is 0 Å². The molecule has 0 aliphatic carbocycles. The lowest BCUT2D eigenvalue weighted by Gasteiger charge is -2.09. The molecule has 2 aromatic rings. The molecule has 0 aliphatic rings. The average Bonchev–Trinajstić information content (AvgIpc) is 2.78. The summed E-state index contributed by atoms with van der Waals surface area (Å²) >= 11 is 0. The van der Waals surface area contributed by atoms with Crippen molar-refractivity contribution in [3.8, 4) is 5.88 Å². The van der Waals surface area contributed by atoms with E-state index in [4.69, 9.17) is 10.5 Å². The van der Waals surface area contributed by atoms with Gasteiger partial charge in [0.1, 0.15) is 12.0 Å². The first-order valence-electron chi connectivity index (χ1n) is 6.05. The van der Waals surface area contributed by atoms with Crippen molar-refractivity contribution in [2.45, 2.75) is 19.9 Å². The van der Waals surface area contributed by atoms with Gasteiger partial charge in [-0.25, -0.2) is 4.98 Å². The minimum atomic E-state index is 0.374. The number of methoxy groups -OCH3 is 1. The Labute approximate surface area is 111 Å². The highest BCUT2D eigenvalue weighted by molar-refractivity contribution is 5.66. The van der Waals surface area contributed by atoms with Crippen molar-refractivity contribution in [2.24, 2.45) is 7.05 Å². The molecule has 0 bridgehead atoms. The molecule has 0 saturated heterocycles. The predicted molar refractivity (Wildman–Crippen MR) is 72.9 cm³/mol. The van der Waals surface area contributed by atoms with E-state index in [1.54, 1.807) is 4.68 Å². The van der Waals surface area contributed by atoms with Crippen molar-refractivity contribution in [3.05, 3.63) is 23.8 Å². The second-order valence-electron chi connectivity index (χ2n) is 4.13. The van der Waals surface area contributed by atoms with Crippen LogP contribution >= 0.6 is 0 Å². The number of nitrogens with zero attached hydrogens (tertiary/aromatic N) is 4. The Balaban J connectivity index is 2.14. The number of nitrogen functional groups attached to an aromatic ring is 1. The number of ether oxygens (including phenoxy) is 1. The van der Waals surface area contributed by atoms with Crippen LogP contribution in [0.25, 0.3) is 0 Å². The highest BCUT2D eigenvalue weighted by Gasteiger charge is 2.10. The van der Waals surface area contributed by atoms with Gasteiger partial charge in [-0.15, -0.1) is 0 Å². The van der Waals surface area contributed by atoms with Crippen LogP contribution in [0.1, 0.15) is 18.2 Å². The Morgan fingerprint density at radius 2 is 2.21 bits per heavy atom. The summed E-state index contributed by atoms with van der Waals surface area (Å²) in [5.41, 5.74) is 8.50. The molecule has 2 rings (SSSR count). The zero-order valence-electron chi connectivity index (χ0n) is 11.3. The quantitative estimate of drug-likeness (QED) is 0.834. The Kier molecular flexibility index (Phi) is 3.84. The molecule has 0 fully saturated rings. The van der Waals surface area contributed by atoms with Crippen molar-refractivity contribution in [1.82, 2.24) is 19.7 Å². The van der Waals surface area contributed by atoms with Gasteiger partial charge in [0.25, 0.3) is 0 Å². The first kappa shape index (κ1) is 13.1. The maximum absolute atomic E-state index is 5.90. The lowest BCUT2D eigenvalue weighted by molar-refractivity contribution is 0.399. The normalized spacial score (nSPS) is 10.5. The van der Waals surface area contributed by atoms with Gasteiger partial charge >= 0.3 is 0 Å². The van der Waals surface area contributed by atoms with Gasteiger partial charge in [-0.2, -0.15) is 10.1 Å². The summed E-state index contributed by atoms with van der Waals surface area (Å²) in [5.74, 6) is 0.942. The highest BCUT2D eigenvalue weighted by Crippen LogP contribution is 2.24. The molecule has 0 unspecified atom stereocenters. The van der Waals surface area contributed by atoms with Gasteiger partial charge in [0, 0.05) is 25.4 Å². The average molecular weight is 262 g/mol. The molecule has 7 nitrogen and oxygen atoms in total.